The van der Waals surface area contributed by atoms with E-state index in [0.29, 0.717) is 53.1 Å². The number of aromatic nitrogens is 2. The van der Waals surface area contributed by atoms with Gasteiger partial charge in [0.2, 0.25) is 5.60 Å². The molecule has 0 saturated heterocycles. The van der Waals surface area contributed by atoms with Crippen molar-refractivity contribution in [1.29, 1.82) is 0 Å². The van der Waals surface area contributed by atoms with Crippen LogP contribution in [0.1, 0.15) is 66.0 Å². The lowest BCUT2D eigenvalue weighted by atomic mass is 9.84. The number of carbonyl (C=O) groups excluding carboxylic acids is 2. The van der Waals surface area contributed by atoms with E-state index in [1.54, 1.807) is 24.5 Å². The maximum Gasteiger partial charge on any atom is 0.355 e. The van der Waals surface area contributed by atoms with E-state index in [2.05, 4.69) is 0 Å². The number of nitrogens with zero attached hydrogens (tertiary/aromatic N) is 2. The lowest BCUT2D eigenvalue weighted by Crippen LogP contribution is -2.47. The first-order valence-electron chi connectivity index (χ1n) is 12.8. The van der Waals surface area contributed by atoms with Gasteiger partial charge in [0.05, 0.1) is 29.0 Å². The molecule has 0 bridgehead atoms. The molecule has 1 atom stereocenters. The van der Waals surface area contributed by atoms with Crippen molar-refractivity contribution in [3.63, 3.8) is 0 Å². The number of rotatable bonds is 5. The fourth-order valence-electron chi connectivity index (χ4n) is 6.17. The van der Waals surface area contributed by atoms with Crippen molar-refractivity contribution in [2.75, 3.05) is 6.54 Å². The Balaban J connectivity index is 1.57. The fourth-order valence-corrected chi connectivity index (χ4v) is 6.17. The molecule has 0 unspecified atom stereocenters. The summed E-state index contributed by atoms with van der Waals surface area (Å²) in [6.07, 6.45) is 3.08. The third-order valence-electron chi connectivity index (χ3n) is 8.11. The van der Waals surface area contributed by atoms with E-state index in [4.69, 9.17) is 20.2 Å². The first-order valence-corrected chi connectivity index (χ1v) is 12.8. The highest BCUT2D eigenvalue weighted by atomic mass is 19.1. The van der Waals surface area contributed by atoms with Gasteiger partial charge in [-0.1, -0.05) is 6.92 Å². The van der Waals surface area contributed by atoms with Gasteiger partial charge in [0.25, 0.3) is 5.56 Å². The summed E-state index contributed by atoms with van der Waals surface area (Å²) in [6, 6.07) is 3.21. The minimum Gasteiger partial charge on any atom is -0.457 e. The van der Waals surface area contributed by atoms with Crippen molar-refractivity contribution in [3.8, 4) is 11.4 Å². The van der Waals surface area contributed by atoms with Crippen molar-refractivity contribution in [2.45, 2.75) is 71.1 Å². The number of aryl methyl sites for hydroxylation is 2. The zero-order valence-corrected chi connectivity index (χ0v) is 20.9. The standard InChI is InChI=1S/C28H28FN3O5/c1-3-28(37-23(33)8-5-9-30)19-10-22-25-17(12-32(22)26(34)18(19)13-36-27(28)35)16-7-4-6-15-14(2)20(29)11-21(31-25)24(15)16/h10-11H,3-9,12-13,30H2,1-2H3/t28-/m0/s1. The molecule has 4 heterocycles. The Bertz CT molecular complexity index is 1580. The molecule has 3 aliphatic rings. The Morgan fingerprint density at radius 1 is 1.22 bits per heavy atom. The largest absolute Gasteiger partial charge is 0.457 e. The Morgan fingerprint density at radius 3 is 2.76 bits per heavy atom. The van der Waals surface area contributed by atoms with E-state index < -0.39 is 17.5 Å². The maximum atomic E-state index is 14.8. The highest BCUT2D eigenvalue weighted by molar-refractivity contribution is 5.93. The van der Waals surface area contributed by atoms with Crippen molar-refractivity contribution in [3.05, 3.63) is 61.7 Å². The van der Waals surface area contributed by atoms with Crippen LogP contribution in [-0.2, 0) is 50.7 Å². The first-order chi connectivity index (χ1) is 17.8. The average Bonchev–Trinajstić information content (AvgIpc) is 3.27. The molecular weight excluding hydrogens is 477 g/mol. The number of nitrogens with two attached hydrogens (primary N) is 1. The molecule has 8 nitrogen and oxygen atoms in total. The molecule has 0 spiro atoms. The third-order valence-corrected chi connectivity index (χ3v) is 8.11. The zero-order valence-electron chi connectivity index (χ0n) is 20.9. The van der Waals surface area contributed by atoms with Gasteiger partial charge in [-0.15, -0.1) is 0 Å². The topological polar surface area (TPSA) is 114 Å². The van der Waals surface area contributed by atoms with Crippen LogP contribution in [0.2, 0.25) is 0 Å². The second-order valence-corrected chi connectivity index (χ2v) is 10.1. The molecule has 192 valence electrons. The third kappa shape index (κ3) is 3.29. The molecule has 2 N–H and O–H groups in total. The van der Waals surface area contributed by atoms with Gasteiger partial charge in [0.1, 0.15) is 12.4 Å². The van der Waals surface area contributed by atoms with Crippen molar-refractivity contribution in [2.24, 2.45) is 5.73 Å². The summed E-state index contributed by atoms with van der Waals surface area (Å²) in [4.78, 5) is 44.3. The number of hydrogen-bond donors (Lipinski definition) is 1. The molecule has 1 aromatic carbocycles. The van der Waals surface area contributed by atoms with E-state index in [-0.39, 0.29) is 30.8 Å². The minimum absolute atomic E-state index is 0.0534. The second-order valence-electron chi connectivity index (χ2n) is 10.1. The number of hydrogen-bond acceptors (Lipinski definition) is 7. The number of halogens is 1. The lowest BCUT2D eigenvalue weighted by Gasteiger charge is -2.35. The normalized spacial score (nSPS) is 19.3. The van der Waals surface area contributed by atoms with Gasteiger partial charge in [-0.3, -0.25) is 9.59 Å². The number of esters is 2. The predicted molar refractivity (Wildman–Crippen MR) is 133 cm³/mol. The summed E-state index contributed by atoms with van der Waals surface area (Å²) >= 11 is 0. The molecule has 3 aromatic rings. The van der Waals surface area contributed by atoms with Gasteiger partial charge in [0, 0.05) is 29.0 Å². The molecule has 2 aliphatic heterocycles. The van der Waals surface area contributed by atoms with Crippen LogP contribution in [0.25, 0.3) is 22.3 Å². The SMILES string of the molecule is CC[C@@]1(OC(=O)CCCN)C(=O)OCc2c1cc1n(c2=O)Cc2c-1nc1cc(F)c(C)c3c1c2CCC3. The fraction of sp³-hybridized carbons (Fsp3) is 0.429. The summed E-state index contributed by atoms with van der Waals surface area (Å²) in [5, 5.41) is 0.991. The lowest BCUT2D eigenvalue weighted by molar-refractivity contribution is -0.189. The summed E-state index contributed by atoms with van der Waals surface area (Å²) in [7, 11) is 0. The average molecular weight is 506 g/mol. The van der Waals surface area contributed by atoms with Crippen LogP contribution in [-0.4, -0.2) is 28.0 Å². The van der Waals surface area contributed by atoms with Crippen LogP contribution in [0.5, 0.6) is 0 Å². The monoisotopic (exact) mass is 505 g/mol. The quantitative estimate of drug-likeness (QED) is 0.414. The molecule has 0 fully saturated rings. The highest BCUT2D eigenvalue weighted by Crippen LogP contribution is 2.44. The smallest absolute Gasteiger partial charge is 0.355 e. The van der Waals surface area contributed by atoms with Crippen LogP contribution in [0.4, 0.5) is 4.39 Å². The van der Waals surface area contributed by atoms with Crippen LogP contribution < -0.4 is 11.3 Å². The van der Waals surface area contributed by atoms with Crippen molar-refractivity contribution < 1.29 is 23.5 Å². The molecule has 9 heteroatoms. The van der Waals surface area contributed by atoms with Crippen molar-refractivity contribution >= 4 is 22.8 Å². The molecule has 37 heavy (non-hydrogen) atoms. The summed E-state index contributed by atoms with van der Waals surface area (Å²) in [5.74, 6) is -1.57. The Morgan fingerprint density at radius 2 is 2.00 bits per heavy atom. The first kappa shape index (κ1) is 23.8. The molecule has 1 aliphatic carbocycles. The highest BCUT2D eigenvalue weighted by Gasteiger charge is 2.50. The maximum absolute atomic E-state index is 14.8. The van der Waals surface area contributed by atoms with Crippen LogP contribution in [0.3, 0.4) is 0 Å². The Kier molecular flexibility index (Phi) is 5.45. The molecular formula is C28H28FN3O5. The van der Waals surface area contributed by atoms with Gasteiger partial charge in [0.15, 0.2) is 0 Å². The minimum atomic E-state index is -1.72. The van der Waals surface area contributed by atoms with E-state index in [1.165, 1.54) is 6.07 Å². The Hall–Kier alpha value is -3.59. The zero-order chi connectivity index (χ0) is 26.1. The van der Waals surface area contributed by atoms with E-state index in [9.17, 15) is 18.8 Å². The number of fused-ring (bicyclic) bond motifs is 5. The molecule has 0 radical (unpaired) electrons. The molecule has 0 saturated carbocycles. The molecule has 0 amide bonds. The van der Waals surface area contributed by atoms with Gasteiger partial charge in [-0.05, 0) is 68.3 Å². The molecule has 6 rings (SSSR count). The van der Waals surface area contributed by atoms with Gasteiger partial charge in [-0.25, -0.2) is 14.2 Å². The molecule has 2 aromatic heterocycles. The van der Waals surface area contributed by atoms with E-state index in [1.807, 2.05) is 0 Å². The number of cyclic esters (lactones) is 1. The van der Waals surface area contributed by atoms with E-state index >= 15 is 0 Å². The van der Waals surface area contributed by atoms with Crippen LogP contribution in [0, 0.1) is 12.7 Å². The van der Waals surface area contributed by atoms with E-state index in [0.717, 1.165) is 41.3 Å². The number of benzene rings is 1. The number of carbonyl (C=O) groups is 2. The predicted octanol–water partition coefficient (Wildman–Crippen LogP) is 3.31. The second kappa shape index (κ2) is 8.48. The number of pyridine rings is 2. The summed E-state index contributed by atoms with van der Waals surface area (Å²) < 4.78 is 27.6. The van der Waals surface area contributed by atoms with Crippen molar-refractivity contribution in [1.82, 2.24) is 9.55 Å². The van der Waals surface area contributed by atoms with Gasteiger partial charge < -0.3 is 19.8 Å². The number of ether oxygens (including phenoxy) is 2. The van der Waals surface area contributed by atoms with Gasteiger partial charge >= 0.3 is 11.9 Å². The summed E-state index contributed by atoms with van der Waals surface area (Å²) in [5.41, 5.74) is 9.54. The van der Waals surface area contributed by atoms with Crippen LogP contribution >= 0.6 is 0 Å². The Labute approximate surface area is 212 Å². The van der Waals surface area contributed by atoms with Gasteiger partial charge in [-0.2, -0.15) is 0 Å². The van der Waals surface area contributed by atoms with Crippen LogP contribution in [0.15, 0.2) is 16.9 Å². The summed E-state index contributed by atoms with van der Waals surface area (Å²) in [6.45, 7) is 3.98.